The van der Waals surface area contributed by atoms with E-state index >= 15 is 0 Å². The highest BCUT2D eigenvalue weighted by molar-refractivity contribution is 5.98. The smallest absolute Gasteiger partial charge is 0.258 e. The standard InChI is InChI=1S/C12H18N4O2/c1-2-9-8-18-7-6-16(9)12(17)10-4-3-5-14-11(10)15-13/h3-5,9H,2,6-8,13H2,1H3,(H,14,15). The summed E-state index contributed by atoms with van der Waals surface area (Å²) in [4.78, 5) is 18.4. The molecule has 1 fully saturated rings. The second-order valence-electron chi connectivity index (χ2n) is 4.18. The lowest BCUT2D eigenvalue weighted by molar-refractivity contribution is -0.00276. The Labute approximate surface area is 106 Å². The van der Waals surface area contributed by atoms with E-state index in [1.54, 1.807) is 18.3 Å². The Kier molecular flexibility index (Phi) is 4.11. The highest BCUT2D eigenvalue weighted by atomic mass is 16.5. The van der Waals surface area contributed by atoms with Gasteiger partial charge in [0.05, 0.1) is 24.8 Å². The molecule has 2 rings (SSSR count). The van der Waals surface area contributed by atoms with Gasteiger partial charge in [-0.1, -0.05) is 6.92 Å². The molecule has 3 N–H and O–H groups in total. The van der Waals surface area contributed by atoms with E-state index in [2.05, 4.69) is 10.4 Å². The number of amides is 1. The van der Waals surface area contributed by atoms with Crippen LogP contribution in [0.25, 0.3) is 0 Å². The van der Waals surface area contributed by atoms with Gasteiger partial charge in [0.15, 0.2) is 5.82 Å². The molecule has 98 valence electrons. The molecule has 0 aromatic carbocycles. The lowest BCUT2D eigenvalue weighted by Crippen LogP contribution is -2.48. The number of nitrogens with two attached hydrogens (primary N) is 1. The third-order valence-electron chi connectivity index (χ3n) is 3.13. The molecule has 0 aliphatic carbocycles. The number of carbonyl (C=O) groups excluding carboxylic acids is 1. The molecule has 1 saturated heterocycles. The van der Waals surface area contributed by atoms with E-state index in [0.29, 0.717) is 31.1 Å². The summed E-state index contributed by atoms with van der Waals surface area (Å²) in [6, 6.07) is 3.58. The maximum Gasteiger partial charge on any atom is 0.258 e. The summed E-state index contributed by atoms with van der Waals surface area (Å²) in [6.07, 6.45) is 2.47. The summed E-state index contributed by atoms with van der Waals surface area (Å²) in [5.41, 5.74) is 2.96. The van der Waals surface area contributed by atoms with Crippen molar-refractivity contribution in [2.45, 2.75) is 19.4 Å². The minimum atomic E-state index is -0.0498. The summed E-state index contributed by atoms with van der Waals surface area (Å²) < 4.78 is 5.40. The molecule has 0 saturated carbocycles. The molecule has 0 radical (unpaired) electrons. The number of anilines is 1. The van der Waals surface area contributed by atoms with Crippen molar-refractivity contribution in [3.05, 3.63) is 23.9 Å². The van der Waals surface area contributed by atoms with E-state index < -0.39 is 0 Å². The Bertz CT molecular complexity index is 424. The fourth-order valence-corrected chi connectivity index (χ4v) is 2.11. The van der Waals surface area contributed by atoms with Crippen LogP contribution in [0.2, 0.25) is 0 Å². The van der Waals surface area contributed by atoms with Gasteiger partial charge in [-0.2, -0.15) is 0 Å². The molecule has 0 spiro atoms. The van der Waals surface area contributed by atoms with Gasteiger partial charge in [-0.05, 0) is 18.6 Å². The number of nitrogen functional groups attached to an aromatic ring is 1. The zero-order valence-corrected chi connectivity index (χ0v) is 10.4. The zero-order chi connectivity index (χ0) is 13.0. The minimum absolute atomic E-state index is 0.0498. The molecule has 1 aliphatic heterocycles. The van der Waals surface area contributed by atoms with Crippen molar-refractivity contribution in [3.63, 3.8) is 0 Å². The lowest BCUT2D eigenvalue weighted by atomic mass is 10.1. The summed E-state index contributed by atoms with van der Waals surface area (Å²) >= 11 is 0. The van der Waals surface area contributed by atoms with Crippen molar-refractivity contribution in [3.8, 4) is 0 Å². The molecule has 6 heteroatoms. The average molecular weight is 250 g/mol. The molecule has 18 heavy (non-hydrogen) atoms. The average Bonchev–Trinajstić information content (AvgIpc) is 2.46. The first-order valence-electron chi connectivity index (χ1n) is 6.08. The SMILES string of the molecule is CCC1COCCN1C(=O)c1cccnc1NN. The minimum Gasteiger partial charge on any atom is -0.377 e. The summed E-state index contributed by atoms with van der Waals surface area (Å²) in [5, 5.41) is 0. The quantitative estimate of drug-likeness (QED) is 0.607. The fraction of sp³-hybridized carbons (Fsp3) is 0.500. The number of hydrogen-bond acceptors (Lipinski definition) is 5. The number of ether oxygens (including phenoxy) is 1. The Morgan fingerprint density at radius 2 is 2.56 bits per heavy atom. The van der Waals surface area contributed by atoms with Crippen LogP contribution in [-0.4, -0.2) is 41.6 Å². The number of nitrogens with zero attached hydrogens (tertiary/aromatic N) is 2. The van der Waals surface area contributed by atoms with Gasteiger partial charge in [0, 0.05) is 12.7 Å². The largest absolute Gasteiger partial charge is 0.377 e. The second-order valence-corrected chi connectivity index (χ2v) is 4.18. The molecule has 0 bridgehead atoms. The number of hydrogen-bond donors (Lipinski definition) is 2. The highest BCUT2D eigenvalue weighted by Gasteiger charge is 2.28. The Balaban J connectivity index is 2.24. The predicted octanol–water partition coefficient (Wildman–Crippen LogP) is 0.618. The number of pyridine rings is 1. The van der Waals surface area contributed by atoms with Gasteiger partial charge in [0.2, 0.25) is 0 Å². The first-order chi connectivity index (χ1) is 8.77. The van der Waals surface area contributed by atoms with Crippen LogP contribution < -0.4 is 11.3 Å². The van der Waals surface area contributed by atoms with Crippen molar-refractivity contribution in [2.24, 2.45) is 5.84 Å². The number of hydrazine groups is 1. The molecule has 1 aromatic heterocycles. The Morgan fingerprint density at radius 3 is 3.28 bits per heavy atom. The summed E-state index contributed by atoms with van der Waals surface area (Å²) in [6.45, 7) is 3.82. The molecule has 6 nitrogen and oxygen atoms in total. The lowest BCUT2D eigenvalue weighted by Gasteiger charge is -2.35. The van der Waals surface area contributed by atoms with Crippen LogP contribution in [0.5, 0.6) is 0 Å². The van der Waals surface area contributed by atoms with Gasteiger partial charge in [-0.25, -0.2) is 10.8 Å². The van der Waals surface area contributed by atoms with Crippen LogP contribution in [0.15, 0.2) is 18.3 Å². The molecule has 1 aliphatic rings. The van der Waals surface area contributed by atoms with E-state index in [1.807, 2.05) is 11.8 Å². The van der Waals surface area contributed by atoms with Crippen LogP contribution in [0.4, 0.5) is 5.82 Å². The van der Waals surface area contributed by atoms with Crippen molar-refractivity contribution >= 4 is 11.7 Å². The molecule has 1 aromatic rings. The molecule has 1 amide bonds. The van der Waals surface area contributed by atoms with Crippen molar-refractivity contribution in [1.29, 1.82) is 0 Å². The third-order valence-corrected chi connectivity index (χ3v) is 3.13. The van der Waals surface area contributed by atoms with E-state index in [4.69, 9.17) is 10.6 Å². The first kappa shape index (κ1) is 12.8. The van der Waals surface area contributed by atoms with Crippen LogP contribution in [0.1, 0.15) is 23.7 Å². The van der Waals surface area contributed by atoms with Gasteiger partial charge in [-0.3, -0.25) is 4.79 Å². The normalized spacial score (nSPS) is 19.7. The zero-order valence-electron chi connectivity index (χ0n) is 10.4. The molecular formula is C12H18N4O2. The van der Waals surface area contributed by atoms with E-state index in [9.17, 15) is 4.79 Å². The van der Waals surface area contributed by atoms with Crippen LogP contribution in [-0.2, 0) is 4.74 Å². The summed E-state index contributed by atoms with van der Waals surface area (Å²) in [7, 11) is 0. The summed E-state index contributed by atoms with van der Waals surface area (Å²) in [5.74, 6) is 5.73. The van der Waals surface area contributed by atoms with Crippen LogP contribution >= 0.6 is 0 Å². The van der Waals surface area contributed by atoms with Gasteiger partial charge in [0.25, 0.3) is 5.91 Å². The van der Waals surface area contributed by atoms with Crippen LogP contribution in [0.3, 0.4) is 0 Å². The number of aromatic nitrogens is 1. The van der Waals surface area contributed by atoms with Crippen molar-refractivity contribution < 1.29 is 9.53 Å². The fourth-order valence-electron chi connectivity index (χ4n) is 2.11. The van der Waals surface area contributed by atoms with Gasteiger partial charge in [-0.15, -0.1) is 0 Å². The number of carbonyl (C=O) groups is 1. The highest BCUT2D eigenvalue weighted by Crippen LogP contribution is 2.18. The van der Waals surface area contributed by atoms with Crippen LogP contribution in [0, 0.1) is 0 Å². The van der Waals surface area contributed by atoms with E-state index in [0.717, 1.165) is 6.42 Å². The number of rotatable bonds is 3. The number of morpholine rings is 1. The van der Waals surface area contributed by atoms with E-state index in [-0.39, 0.29) is 11.9 Å². The monoisotopic (exact) mass is 250 g/mol. The first-order valence-corrected chi connectivity index (χ1v) is 6.08. The molecule has 1 atom stereocenters. The van der Waals surface area contributed by atoms with E-state index in [1.165, 1.54) is 0 Å². The third kappa shape index (κ3) is 2.44. The van der Waals surface area contributed by atoms with Gasteiger partial charge >= 0.3 is 0 Å². The topological polar surface area (TPSA) is 80.5 Å². The van der Waals surface area contributed by atoms with Crippen molar-refractivity contribution in [1.82, 2.24) is 9.88 Å². The second kappa shape index (κ2) is 5.79. The maximum atomic E-state index is 12.5. The van der Waals surface area contributed by atoms with Gasteiger partial charge in [0.1, 0.15) is 0 Å². The molecule has 2 heterocycles. The van der Waals surface area contributed by atoms with Crippen molar-refractivity contribution in [2.75, 3.05) is 25.2 Å². The maximum absolute atomic E-state index is 12.5. The molecular weight excluding hydrogens is 232 g/mol. The van der Waals surface area contributed by atoms with Gasteiger partial charge < -0.3 is 15.1 Å². The Hall–Kier alpha value is -1.66. The molecule has 1 unspecified atom stereocenters. The predicted molar refractivity (Wildman–Crippen MR) is 68.0 cm³/mol. The number of nitrogens with one attached hydrogen (secondary N) is 1. The Morgan fingerprint density at radius 1 is 1.72 bits per heavy atom.